The van der Waals surface area contributed by atoms with Crippen LogP contribution in [-0.4, -0.2) is 11.3 Å². The largest absolute Gasteiger partial charge is 0.379 e. The first-order valence-electron chi connectivity index (χ1n) is 6.88. The van der Waals surface area contributed by atoms with Crippen LogP contribution in [0.15, 0.2) is 0 Å². The van der Waals surface area contributed by atoms with Gasteiger partial charge in [-0.2, -0.15) is 0 Å². The molecule has 0 aliphatic rings. The zero-order valence-electron chi connectivity index (χ0n) is 11.4. The summed E-state index contributed by atoms with van der Waals surface area (Å²) in [6.45, 7) is 7.62. The topological polar surface area (TPSA) is 46.2 Å². The lowest BCUT2D eigenvalue weighted by atomic mass is 10.1. The molecular weight excluding hydrogens is 198 g/mol. The molecule has 1 atom stereocenters. The molecule has 1 unspecified atom stereocenters. The maximum Gasteiger partial charge on any atom is 0.0991 e. The molecule has 0 fully saturated rings. The molecular formula is C14H32NO. The Morgan fingerprint density at radius 3 is 1.56 bits per heavy atom. The molecule has 2 nitrogen and oxygen atoms in total. The van der Waals surface area contributed by atoms with E-state index in [-0.39, 0.29) is 0 Å². The zero-order valence-corrected chi connectivity index (χ0v) is 11.4. The first-order chi connectivity index (χ1) is 7.65. The van der Waals surface area contributed by atoms with Crippen molar-refractivity contribution in [2.45, 2.75) is 84.3 Å². The van der Waals surface area contributed by atoms with Gasteiger partial charge in [-0.3, -0.25) is 0 Å². The van der Waals surface area contributed by atoms with Crippen LogP contribution in [0.25, 0.3) is 0 Å². The SMILES string of the molecule is CC(N)O.[CH2]CCCCCCCCCCC. The molecule has 0 saturated heterocycles. The van der Waals surface area contributed by atoms with Crippen molar-refractivity contribution >= 4 is 0 Å². The molecule has 0 aliphatic heterocycles. The van der Waals surface area contributed by atoms with Crippen LogP contribution >= 0.6 is 0 Å². The Balaban J connectivity index is 0. The van der Waals surface area contributed by atoms with E-state index in [0.29, 0.717) is 0 Å². The predicted octanol–water partition coefficient (Wildman–Crippen LogP) is 4.02. The number of rotatable bonds is 9. The molecule has 0 saturated carbocycles. The molecule has 0 aromatic rings. The van der Waals surface area contributed by atoms with Gasteiger partial charge in [0.2, 0.25) is 0 Å². The van der Waals surface area contributed by atoms with E-state index >= 15 is 0 Å². The Hall–Kier alpha value is -0.0800. The molecule has 0 heterocycles. The van der Waals surface area contributed by atoms with E-state index in [1.165, 1.54) is 64.7 Å². The molecule has 0 aliphatic carbocycles. The van der Waals surface area contributed by atoms with Crippen LogP contribution in [0.5, 0.6) is 0 Å². The molecule has 16 heavy (non-hydrogen) atoms. The molecule has 0 amide bonds. The molecule has 0 rings (SSSR count). The normalized spacial score (nSPS) is 11.8. The molecule has 0 aromatic heterocycles. The molecule has 0 spiro atoms. The molecule has 0 bridgehead atoms. The van der Waals surface area contributed by atoms with Crippen molar-refractivity contribution in [3.63, 3.8) is 0 Å². The molecule has 99 valence electrons. The summed E-state index contributed by atoms with van der Waals surface area (Å²) in [5, 5.41) is 7.83. The highest BCUT2D eigenvalue weighted by Gasteiger charge is 1.90. The molecule has 3 N–H and O–H groups in total. The summed E-state index contributed by atoms with van der Waals surface area (Å²) < 4.78 is 0. The summed E-state index contributed by atoms with van der Waals surface area (Å²) in [4.78, 5) is 0. The number of unbranched alkanes of at least 4 members (excludes halogenated alkanes) is 9. The summed E-state index contributed by atoms with van der Waals surface area (Å²) >= 11 is 0. The van der Waals surface area contributed by atoms with Crippen LogP contribution in [0.3, 0.4) is 0 Å². The molecule has 2 heteroatoms. The second kappa shape index (κ2) is 17.3. The Morgan fingerprint density at radius 1 is 0.938 bits per heavy atom. The summed E-state index contributed by atoms with van der Waals surface area (Å²) in [5.74, 6) is 0. The lowest BCUT2D eigenvalue weighted by molar-refractivity contribution is 0.203. The Kier molecular flexibility index (Phi) is 19.8. The lowest BCUT2D eigenvalue weighted by Crippen LogP contribution is -2.11. The van der Waals surface area contributed by atoms with Gasteiger partial charge in [0.05, 0.1) is 6.23 Å². The first kappa shape index (κ1) is 18.3. The molecule has 1 radical (unpaired) electrons. The Morgan fingerprint density at radius 2 is 1.25 bits per heavy atom. The highest BCUT2D eigenvalue weighted by molar-refractivity contribution is 4.47. The van der Waals surface area contributed by atoms with E-state index in [9.17, 15) is 0 Å². The fraction of sp³-hybridized carbons (Fsp3) is 0.929. The van der Waals surface area contributed by atoms with Gasteiger partial charge in [-0.15, -0.1) is 0 Å². The quantitative estimate of drug-likeness (QED) is 0.464. The average molecular weight is 230 g/mol. The van der Waals surface area contributed by atoms with Crippen molar-refractivity contribution in [2.75, 3.05) is 0 Å². The van der Waals surface area contributed by atoms with Gasteiger partial charge in [0, 0.05) is 0 Å². The van der Waals surface area contributed by atoms with Gasteiger partial charge in [0.25, 0.3) is 0 Å². The second-order valence-electron chi connectivity index (χ2n) is 4.42. The van der Waals surface area contributed by atoms with E-state index in [1.807, 2.05) is 0 Å². The Labute approximate surface area is 103 Å². The van der Waals surface area contributed by atoms with Gasteiger partial charge in [-0.05, 0) is 6.92 Å². The highest BCUT2D eigenvalue weighted by atomic mass is 16.3. The summed E-state index contributed by atoms with van der Waals surface area (Å²) in [7, 11) is 0. The number of aliphatic hydroxyl groups is 1. The van der Waals surface area contributed by atoms with E-state index in [0.717, 1.165) is 6.42 Å². The Bertz CT molecular complexity index is 92.2. The summed E-state index contributed by atoms with van der Waals surface area (Å²) in [5.41, 5.74) is 4.67. The van der Waals surface area contributed by atoms with Crippen molar-refractivity contribution in [1.82, 2.24) is 0 Å². The third kappa shape index (κ3) is 29.2. The minimum absolute atomic E-state index is 0.667. The van der Waals surface area contributed by atoms with Gasteiger partial charge in [0.1, 0.15) is 0 Å². The van der Waals surface area contributed by atoms with Crippen molar-refractivity contribution in [1.29, 1.82) is 0 Å². The third-order valence-corrected chi connectivity index (χ3v) is 2.35. The fourth-order valence-corrected chi connectivity index (χ4v) is 1.49. The van der Waals surface area contributed by atoms with Gasteiger partial charge >= 0.3 is 0 Å². The highest BCUT2D eigenvalue weighted by Crippen LogP contribution is 2.09. The van der Waals surface area contributed by atoms with Crippen LogP contribution in [0.1, 0.15) is 78.1 Å². The van der Waals surface area contributed by atoms with Gasteiger partial charge in [0.15, 0.2) is 0 Å². The lowest BCUT2D eigenvalue weighted by Gasteiger charge is -1.99. The number of hydrogen-bond acceptors (Lipinski definition) is 2. The van der Waals surface area contributed by atoms with Crippen LogP contribution in [-0.2, 0) is 0 Å². The van der Waals surface area contributed by atoms with Crippen molar-refractivity contribution in [3.8, 4) is 0 Å². The maximum absolute atomic E-state index is 7.83. The van der Waals surface area contributed by atoms with Crippen LogP contribution in [0.4, 0.5) is 0 Å². The number of aliphatic hydroxyl groups excluding tert-OH is 1. The average Bonchev–Trinajstić information content (AvgIpc) is 2.21. The summed E-state index contributed by atoms with van der Waals surface area (Å²) in [6.07, 6.45) is 13.2. The van der Waals surface area contributed by atoms with Crippen LogP contribution in [0, 0.1) is 6.92 Å². The van der Waals surface area contributed by atoms with E-state index in [4.69, 9.17) is 5.11 Å². The monoisotopic (exact) mass is 230 g/mol. The van der Waals surface area contributed by atoms with Gasteiger partial charge in [-0.25, -0.2) is 0 Å². The van der Waals surface area contributed by atoms with Crippen LogP contribution in [0.2, 0.25) is 0 Å². The maximum atomic E-state index is 7.83. The second-order valence-corrected chi connectivity index (χ2v) is 4.42. The van der Waals surface area contributed by atoms with E-state index in [2.05, 4.69) is 19.6 Å². The standard InChI is InChI=1S/C12H25.C2H7NO/c1-3-5-7-9-11-12-10-8-6-4-2;1-2(3)4/h1,3-12H2,2H3;2,4H,3H2,1H3. The molecule has 0 aromatic carbocycles. The van der Waals surface area contributed by atoms with Crippen LogP contribution < -0.4 is 5.73 Å². The van der Waals surface area contributed by atoms with Crippen molar-refractivity contribution in [3.05, 3.63) is 6.92 Å². The minimum atomic E-state index is -0.667. The smallest absolute Gasteiger partial charge is 0.0991 e. The predicted molar refractivity (Wildman–Crippen MR) is 73.1 cm³/mol. The number of hydrogen-bond donors (Lipinski definition) is 2. The number of nitrogens with two attached hydrogens (primary N) is 1. The zero-order chi connectivity index (χ0) is 12.6. The van der Waals surface area contributed by atoms with E-state index in [1.54, 1.807) is 0 Å². The van der Waals surface area contributed by atoms with Gasteiger partial charge < -0.3 is 10.8 Å². The van der Waals surface area contributed by atoms with Crippen molar-refractivity contribution in [2.24, 2.45) is 5.73 Å². The third-order valence-electron chi connectivity index (χ3n) is 2.35. The van der Waals surface area contributed by atoms with Crippen molar-refractivity contribution < 1.29 is 5.11 Å². The minimum Gasteiger partial charge on any atom is -0.379 e. The van der Waals surface area contributed by atoms with Gasteiger partial charge in [-0.1, -0.05) is 78.1 Å². The fourth-order valence-electron chi connectivity index (χ4n) is 1.49. The summed E-state index contributed by atoms with van der Waals surface area (Å²) in [6, 6.07) is 0. The first-order valence-corrected chi connectivity index (χ1v) is 6.88. The van der Waals surface area contributed by atoms with E-state index < -0.39 is 6.23 Å².